The van der Waals surface area contributed by atoms with Crippen molar-refractivity contribution in [2.45, 2.75) is 77.1 Å². The van der Waals surface area contributed by atoms with Crippen LogP contribution in [0.2, 0.25) is 0 Å². The molecule has 1 saturated carbocycles. The van der Waals surface area contributed by atoms with Crippen molar-refractivity contribution in [2.75, 3.05) is 26.2 Å². The van der Waals surface area contributed by atoms with Crippen molar-refractivity contribution in [3.63, 3.8) is 0 Å². The van der Waals surface area contributed by atoms with Crippen LogP contribution in [0.3, 0.4) is 0 Å². The summed E-state index contributed by atoms with van der Waals surface area (Å²) in [5.74, 6) is 1.65. The van der Waals surface area contributed by atoms with Crippen LogP contribution < -0.4 is 14.8 Å². The molecule has 8 nitrogen and oxygen atoms in total. The quantitative estimate of drug-likeness (QED) is 0.518. The molecule has 4 rings (SSSR count). The largest absolute Gasteiger partial charge is 0.481 e. The molecule has 1 fully saturated rings. The molecule has 1 atom stereocenters. The summed E-state index contributed by atoms with van der Waals surface area (Å²) in [6, 6.07) is 3.56. The lowest BCUT2D eigenvalue weighted by atomic mass is 9.84. The van der Waals surface area contributed by atoms with Gasteiger partial charge in [0.1, 0.15) is 5.82 Å². The van der Waals surface area contributed by atoms with Gasteiger partial charge >= 0.3 is 6.18 Å². The Bertz CT molecular complexity index is 1060. The molecule has 0 unspecified atom stereocenters. The molecule has 0 aromatic carbocycles. The van der Waals surface area contributed by atoms with Crippen molar-refractivity contribution in [1.29, 1.82) is 0 Å². The topological polar surface area (TPSA) is 89.5 Å². The summed E-state index contributed by atoms with van der Waals surface area (Å²) in [6.07, 6.45) is 3.50. The SMILES string of the molecule is Cc1ncc(OCC(=O)N[C@H]2CC[C@H](CCN3CCc4ccc(O[C@H](C)C(F)(F)F)nc4CC3)CC2)cn1. The molecule has 1 amide bonds. The summed E-state index contributed by atoms with van der Waals surface area (Å²) < 4.78 is 48.9. The van der Waals surface area contributed by atoms with E-state index < -0.39 is 12.3 Å². The number of carbonyl (C=O) groups is 1. The van der Waals surface area contributed by atoms with Crippen molar-refractivity contribution in [3.8, 4) is 11.6 Å². The van der Waals surface area contributed by atoms with Crippen molar-refractivity contribution in [2.24, 2.45) is 5.92 Å². The molecule has 3 heterocycles. The van der Waals surface area contributed by atoms with Gasteiger partial charge in [-0.3, -0.25) is 4.79 Å². The summed E-state index contributed by atoms with van der Waals surface area (Å²) in [4.78, 5) is 27.2. The Morgan fingerprint density at radius 1 is 1.13 bits per heavy atom. The van der Waals surface area contributed by atoms with Gasteiger partial charge in [-0.25, -0.2) is 15.0 Å². The number of hydrogen-bond acceptors (Lipinski definition) is 7. The molecular formula is C27H36F3N5O3. The van der Waals surface area contributed by atoms with Gasteiger partial charge in [-0.2, -0.15) is 13.2 Å². The van der Waals surface area contributed by atoms with Gasteiger partial charge < -0.3 is 19.7 Å². The summed E-state index contributed by atoms with van der Waals surface area (Å²) in [5.41, 5.74) is 1.91. The number of alkyl halides is 3. The highest BCUT2D eigenvalue weighted by Crippen LogP contribution is 2.28. The molecule has 0 saturated heterocycles. The predicted octanol–water partition coefficient (Wildman–Crippen LogP) is 4.05. The Kier molecular flexibility index (Phi) is 9.40. The number of aromatic nitrogens is 3. The lowest BCUT2D eigenvalue weighted by Crippen LogP contribution is -2.40. The first kappa shape index (κ1) is 28.1. The van der Waals surface area contributed by atoms with Crippen molar-refractivity contribution in [1.82, 2.24) is 25.2 Å². The number of rotatable bonds is 9. The Labute approximate surface area is 221 Å². The van der Waals surface area contributed by atoms with E-state index >= 15 is 0 Å². The molecule has 1 aliphatic heterocycles. The van der Waals surface area contributed by atoms with E-state index in [1.165, 1.54) is 6.07 Å². The second-order valence-electron chi connectivity index (χ2n) is 10.2. The Balaban J connectivity index is 1.14. The second kappa shape index (κ2) is 12.7. The first-order chi connectivity index (χ1) is 18.2. The number of aryl methyl sites for hydroxylation is 1. The molecular weight excluding hydrogens is 499 g/mol. The summed E-state index contributed by atoms with van der Waals surface area (Å²) in [7, 11) is 0. The van der Waals surface area contributed by atoms with Crippen LogP contribution >= 0.6 is 0 Å². The number of amides is 1. The van der Waals surface area contributed by atoms with Gasteiger partial charge in [0.05, 0.1) is 12.4 Å². The first-order valence-electron chi connectivity index (χ1n) is 13.3. The zero-order valence-corrected chi connectivity index (χ0v) is 22.0. The predicted molar refractivity (Wildman–Crippen MR) is 135 cm³/mol. The Hall–Kier alpha value is -2.95. The van der Waals surface area contributed by atoms with E-state index in [0.29, 0.717) is 23.9 Å². The van der Waals surface area contributed by atoms with Crippen LogP contribution in [0.4, 0.5) is 13.2 Å². The average Bonchev–Trinajstić information content (AvgIpc) is 3.09. The molecule has 11 heteroatoms. The number of hydrogen-bond donors (Lipinski definition) is 1. The van der Waals surface area contributed by atoms with Gasteiger partial charge in [0.25, 0.3) is 5.91 Å². The maximum Gasteiger partial charge on any atom is 0.425 e. The van der Waals surface area contributed by atoms with Crippen LogP contribution in [0.25, 0.3) is 0 Å². The summed E-state index contributed by atoms with van der Waals surface area (Å²) in [5, 5.41) is 3.07. The van der Waals surface area contributed by atoms with E-state index in [0.717, 1.165) is 76.3 Å². The minimum atomic E-state index is -4.41. The lowest BCUT2D eigenvalue weighted by molar-refractivity contribution is -0.190. The highest BCUT2D eigenvalue weighted by molar-refractivity contribution is 5.77. The van der Waals surface area contributed by atoms with E-state index in [2.05, 4.69) is 25.2 Å². The number of halogens is 3. The molecule has 0 radical (unpaired) electrons. The fourth-order valence-electron chi connectivity index (χ4n) is 4.98. The molecule has 2 aromatic rings. The molecule has 0 bridgehead atoms. The highest BCUT2D eigenvalue weighted by Gasteiger charge is 2.38. The third kappa shape index (κ3) is 8.28. The minimum absolute atomic E-state index is 0.0293. The fraction of sp³-hybridized carbons (Fsp3) is 0.630. The Morgan fingerprint density at radius 2 is 1.84 bits per heavy atom. The fourth-order valence-corrected chi connectivity index (χ4v) is 4.98. The van der Waals surface area contributed by atoms with Gasteiger partial charge in [0.15, 0.2) is 18.5 Å². The van der Waals surface area contributed by atoms with Crippen LogP contribution in [0.1, 0.15) is 56.1 Å². The summed E-state index contributed by atoms with van der Waals surface area (Å²) >= 11 is 0. The molecule has 38 heavy (non-hydrogen) atoms. The van der Waals surface area contributed by atoms with Gasteiger partial charge in [-0.1, -0.05) is 6.07 Å². The minimum Gasteiger partial charge on any atom is -0.481 e. The van der Waals surface area contributed by atoms with E-state index in [4.69, 9.17) is 9.47 Å². The Morgan fingerprint density at radius 3 is 2.55 bits per heavy atom. The van der Waals surface area contributed by atoms with Gasteiger partial charge in [-0.15, -0.1) is 0 Å². The highest BCUT2D eigenvalue weighted by atomic mass is 19.4. The van der Waals surface area contributed by atoms with E-state index in [1.54, 1.807) is 19.3 Å². The third-order valence-corrected chi connectivity index (χ3v) is 7.36. The number of pyridine rings is 1. The van der Waals surface area contributed by atoms with Crippen molar-refractivity contribution in [3.05, 3.63) is 41.6 Å². The molecule has 2 aliphatic rings. The second-order valence-corrected chi connectivity index (χ2v) is 10.2. The van der Waals surface area contributed by atoms with Crippen molar-refractivity contribution >= 4 is 5.91 Å². The van der Waals surface area contributed by atoms with Crippen LogP contribution in [0.15, 0.2) is 24.5 Å². The monoisotopic (exact) mass is 535 g/mol. The third-order valence-electron chi connectivity index (χ3n) is 7.36. The normalized spacial score (nSPS) is 21.2. The molecule has 0 spiro atoms. The van der Waals surface area contributed by atoms with Gasteiger partial charge in [0, 0.05) is 37.3 Å². The van der Waals surface area contributed by atoms with Crippen molar-refractivity contribution < 1.29 is 27.4 Å². The maximum absolute atomic E-state index is 12.8. The smallest absolute Gasteiger partial charge is 0.425 e. The molecule has 1 N–H and O–H groups in total. The zero-order chi connectivity index (χ0) is 27.1. The first-order valence-corrected chi connectivity index (χ1v) is 13.3. The van der Waals surface area contributed by atoms with Crippen LogP contribution in [0.5, 0.6) is 11.6 Å². The summed E-state index contributed by atoms with van der Waals surface area (Å²) in [6.45, 7) is 5.45. The number of fused-ring (bicyclic) bond motifs is 1. The van der Waals surface area contributed by atoms with E-state index in [1.807, 2.05) is 6.07 Å². The molecule has 208 valence electrons. The van der Waals surface area contributed by atoms with Gasteiger partial charge in [0.2, 0.25) is 5.88 Å². The number of carbonyl (C=O) groups excluding carboxylic acids is 1. The number of ether oxygens (including phenoxy) is 2. The number of nitrogens with zero attached hydrogens (tertiary/aromatic N) is 4. The zero-order valence-electron chi connectivity index (χ0n) is 22.0. The maximum atomic E-state index is 12.8. The lowest BCUT2D eigenvalue weighted by Gasteiger charge is -2.30. The molecule has 1 aliphatic carbocycles. The molecule has 2 aromatic heterocycles. The standard InChI is InChI=1S/C27H36F3N5O3/c1-18(27(28,29)30)38-26-8-5-21-10-13-35(14-11-24(21)34-26)12-9-20-3-6-22(7-4-20)33-25(36)17-37-23-15-31-19(2)32-16-23/h5,8,15-16,18,20,22H,3-4,6-7,9-14,17H2,1-2H3,(H,33,36)/t18-,20-,22-/m1/s1. The van der Waals surface area contributed by atoms with E-state index in [-0.39, 0.29) is 24.4 Å². The number of nitrogens with one attached hydrogen (secondary N) is 1. The van der Waals surface area contributed by atoms with Crippen LogP contribution in [0, 0.1) is 12.8 Å². The average molecular weight is 536 g/mol. The van der Waals surface area contributed by atoms with E-state index in [9.17, 15) is 18.0 Å². The van der Waals surface area contributed by atoms with Crippen LogP contribution in [-0.2, 0) is 17.6 Å². The van der Waals surface area contributed by atoms with Crippen LogP contribution in [-0.4, -0.2) is 70.3 Å². The van der Waals surface area contributed by atoms with Gasteiger partial charge in [-0.05, 0) is 70.4 Å².